The van der Waals surface area contributed by atoms with Gasteiger partial charge in [-0.1, -0.05) is 164 Å². The van der Waals surface area contributed by atoms with Gasteiger partial charge in [-0.3, -0.25) is 4.98 Å². The summed E-state index contributed by atoms with van der Waals surface area (Å²) in [6.45, 7) is 55.3. The van der Waals surface area contributed by atoms with E-state index in [2.05, 4.69) is 300 Å². The van der Waals surface area contributed by atoms with Crippen LogP contribution in [0, 0.1) is 95.1 Å². The van der Waals surface area contributed by atoms with Crippen LogP contribution in [-0.2, 0) is 216 Å². The molecule has 15 nitrogen and oxygen atoms in total. The summed E-state index contributed by atoms with van der Waals surface area (Å²) in [5.74, 6) is 0. The fourth-order valence-electron chi connectivity index (χ4n) is 17.9. The SMILES string of the molecule is CC1=C2C=Cc3ccccc3N2CC1.CC1=C2C=Cc3cnccc3N2CC1.[C-]#[N+]c1c[c-]c(N2CCC(C)=C2[CH2-])cc1.[C-]#[N+]c1c[c-]c(N2CCc3ccc[c-]c32)cc1.[C-]#[N+]c1ccc2c(c1)C=CC1=C(C)CCN12.[CH2-]C1=C(C)CCN1c1[c-]cccc1.[CH2-]C1=C(C)CCN1c1[c-]cncc1.[Y].[Y].[Y].[Y].[Y].[Y].[c-]1ccccc1N1CCc2ccc[c-]c21.[c-]1cnccc1N1CCc2ccc[c-]c21. The maximum Gasteiger partial charge on any atom is 0.208 e. The topological polar surface area (TPSA) is 80.9 Å². The summed E-state index contributed by atoms with van der Waals surface area (Å²) in [6, 6.07) is 95.0. The number of rotatable bonds is 6. The molecule has 21 heteroatoms. The minimum absolute atomic E-state index is 0. The third-order valence-electron chi connectivity index (χ3n) is 25.5. The molecule has 0 bridgehead atoms. The summed E-state index contributed by atoms with van der Waals surface area (Å²) in [4.78, 5) is 42.6. The Bertz CT molecular complexity index is 6320. The molecule has 0 fully saturated rings. The van der Waals surface area contributed by atoms with E-state index in [-0.39, 0.29) is 196 Å². The molecule has 0 N–H and O–H groups in total. The summed E-state index contributed by atoms with van der Waals surface area (Å²) in [5.41, 5.74) is 39.6. The first kappa shape index (κ1) is 111. The van der Waals surface area contributed by atoms with Crippen molar-refractivity contribution in [2.45, 2.75) is 99.3 Å². The molecule has 0 spiro atoms. The Hall–Kier alpha value is -9.01. The van der Waals surface area contributed by atoms with Gasteiger partial charge >= 0.3 is 0 Å². The molecule has 678 valence electrons. The van der Waals surface area contributed by atoms with Crippen LogP contribution in [0.2, 0.25) is 0 Å². The molecule has 0 unspecified atom stereocenters. The van der Waals surface area contributed by atoms with E-state index in [1.54, 1.807) is 36.9 Å². The number of allylic oxidation sites excluding steroid dienone is 6. The van der Waals surface area contributed by atoms with E-state index in [4.69, 9.17) is 19.7 Å². The number of hydrogen-bond acceptors (Lipinski definition) is 12. The quantitative estimate of drug-likeness (QED) is 0.149. The van der Waals surface area contributed by atoms with Gasteiger partial charge in [0.2, 0.25) is 11.4 Å². The van der Waals surface area contributed by atoms with Crippen LogP contribution in [0.1, 0.15) is 113 Å². The van der Waals surface area contributed by atoms with Crippen LogP contribution in [0.25, 0.3) is 32.8 Å². The Morgan fingerprint density at radius 1 is 0.275 bits per heavy atom. The zero-order valence-electron chi connectivity index (χ0n) is 79.5. The van der Waals surface area contributed by atoms with Gasteiger partial charge in [-0.2, -0.15) is 162 Å². The minimum atomic E-state index is 0. The van der Waals surface area contributed by atoms with Crippen molar-refractivity contribution in [3.8, 4) is 0 Å². The first-order valence-electron chi connectivity index (χ1n) is 45.1. The van der Waals surface area contributed by atoms with Gasteiger partial charge in [-0.15, -0.1) is 90.2 Å². The number of hydrogen-bond donors (Lipinski definition) is 0. The Balaban J connectivity index is 0.000000159. The van der Waals surface area contributed by atoms with E-state index < -0.39 is 0 Å². The molecule has 12 aliphatic heterocycles. The summed E-state index contributed by atoms with van der Waals surface area (Å²) < 4.78 is 0. The Kier molecular flexibility index (Phi) is 43.7. The van der Waals surface area contributed by atoms with Crippen LogP contribution in [0.15, 0.2) is 323 Å². The number of para-hydroxylation sites is 6. The van der Waals surface area contributed by atoms with Crippen molar-refractivity contribution in [2.24, 2.45) is 0 Å². The van der Waals surface area contributed by atoms with Gasteiger partial charge < -0.3 is 54.1 Å². The summed E-state index contributed by atoms with van der Waals surface area (Å²) in [5, 5.41) is 0. The normalized spacial score (nSPS) is 15.3. The molecular formula is C117H105N15Y6-12. The fraction of sp³-hybridized carbons (Fsp3) is 0.205. The van der Waals surface area contributed by atoms with Gasteiger partial charge in [0.25, 0.3) is 0 Å². The molecule has 3 aromatic heterocycles. The number of benzene rings is 9. The zero-order valence-corrected chi connectivity index (χ0v) is 96.5. The van der Waals surface area contributed by atoms with Crippen LogP contribution in [0.5, 0.6) is 0 Å². The molecule has 0 amide bonds. The second-order valence-corrected chi connectivity index (χ2v) is 33.6. The summed E-state index contributed by atoms with van der Waals surface area (Å²) in [6.07, 6.45) is 33.9. The third-order valence-corrected chi connectivity index (χ3v) is 25.5. The van der Waals surface area contributed by atoms with Crippen LogP contribution in [0.4, 0.5) is 85.3 Å². The van der Waals surface area contributed by atoms with Gasteiger partial charge in [-0.05, 0) is 116 Å². The second kappa shape index (κ2) is 54.3. The monoisotopic (exact) mass is 2250 g/mol. The molecule has 0 saturated carbocycles. The fourth-order valence-corrected chi connectivity index (χ4v) is 17.9. The Morgan fingerprint density at radius 3 is 1.00 bits per heavy atom. The summed E-state index contributed by atoms with van der Waals surface area (Å²) in [7, 11) is 0. The largest absolute Gasteiger partial charge is 0.411 e. The molecule has 0 atom stereocenters. The van der Waals surface area contributed by atoms with Crippen LogP contribution < -0.4 is 44.1 Å². The maximum atomic E-state index is 7.02. The average Bonchev–Trinajstić information content (AvgIpc) is 1.62. The van der Waals surface area contributed by atoms with Crippen LogP contribution >= 0.6 is 0 Å². The van der Waals surface area contributed by atoms with E-state index in [9.17, 15) is 0 Å². The predicted octanol–water partition coefficient (Wildman–Crippen LogP) is 26.8. The first-order valence-corrected chi connectivity index (χ1v) is 45.1. The molecule has 0 aliphatic carbocycles. The van der Waals surface area contributed by atoms with E-state index in [0.717, 1.165) is 166 Å². The number of fused-ring (bicyclic) bond motifs is 12. The Morgan fingerprint density at radius 2 is 0.609 bits per heavy atom. The first-order chi connectivity index (χ1) is 64.6. The molecule has 24 rings (SSSR count). The number of nitrogens with zero attached hydrogens (tertiary/aromatic N) is 15. The van der Waals surface area contributed by atoms with Gasteiger partial charge in [-0.25, -0.2) is 47.4 Å². The number of aromatic nitrogens is 3. The number of anilines is 12. The number of pyridine rings is 3. The molecular weight excluding hydrogens is 2150 g/mol. The molecule has 12 aliphatic rings. The standard InChI is InChI=1S/C15H10N2.C14H12N2.C14H11N.C13H10N2.C13H12N2.C13H13N.C12H12N2.C12H13N.C11H12N2.6Y/c1-16-13-6-8-14(9-7-13)17-11-10-12-4-2-3-5-15(12)17;1-10-7-8-16-13(10)5-3-11-9-12(15-2)4-6-14(11)16;1-2-7-13(8-3-1)15-11-10-12-6-4-5-9-14(12)15;1-2-4-13-11(3-1)7-10-15(13)12-5-8-14-9-6-12;1-10-8-9-15(11(10)2)13-6-4-12(14-3)5-7-13;1-10-8-9-14-12(10)7-6-11-4-2-3-5-13(11)14;1-9-5-7-14-11(9)3-2-10-8-13-6-4-12(10)14;1-10-8-9-13(11(10)2)12-6-4-3-5-7-12;1-9-5-8-13(10(9)2)11-3-6-12-7-4-11;;;;;;/h2-4,6-8H,10-11H2;3-6,9H,7-8H2,1H3;1-7H,10-11H2;1-3,5,8-9H,7,10H2;4-6H,2,8-9H2,1H3;2-7H,8-9H2,1H3;2-4,6,8H,5,7H2,1H3;3-6H,2,8-9H2,1H3;3,6-7H,2,5,8H2,1H3;;;;;;/q-2;;3*-2;;;2*-2;;;;;;. The van der Waals surface area contributed by atoms with Crippen LogP contribution in [0.3, 0.4) is 0 Å². The molecule has 138 heavy (non-hydrogen) atoms. The van der Waals surface area contributed by atoms with Gasteiger partial charge in [0.15, 0.2) is 5.69 Å². The maximum absolute atomic E-state index is 7.02. The van der Waals surface area contributed by atoms with Crippen molar-refractivity contribution in [2.75, 3.05) is 103 Å². The minimum Gasteiger partial charge on any atom is -0.411 e. The molecule has 6 radical (unpaired) electrons. The van der Waals surface area contributed by atoms with Crippen molar-refractivity contribution in [1.29, 1.82) is 0 Å². The molecule has 9 aromatic carbocycles. The van der Waals surface area contributed by atoms with E-state index in [1.807, 2.05) is 128 Å². The van der Waals surface area contributed by atoms with E-state index in [1.165, 1.54) is 120 Å². The smallest absolute Gasteiger partial charge is 0.208 e. The van der Waals surface area contributed by atoms with Crippen LogP contribution in [-0.4, -0.2) is 73.9 Å². The van der Waals surface area contributed by atoms with Crippen molar-refractivity contribution >= 4 is 104 Å². The van der Waals surface area contributed by atoms with Crippen molar-refractivity contribution in [3.05, 3.63) is 466 Å². The predicted molar refractivity (Wildman–Crippen MR) is 542 cm³/mol. The Labute approximate surface area is 970 Å². The molecule has 12 aromatic rings. The third kappa shape index (κ3) is 27.1. The van der Waals surface area contributed by atoms with Crippen molar-refractivity contribution in [1.82, 2.24) is 15.0 Å². The molecule has 0 saturated heterocycles. The van der Waals surface area contributed by atoms with Gasteiger partial charge in [0, 0.05) is 302 Å². The van der Waals surface area contributed by atoms with Gasteiger partial charge in [0.05, 0.1) is 12.3 Å². The van der Waals surface area contributed by atoms with Gasteiger partial charge in [0.1, 0.15) is 13.1 Å². The second-order valence-electron chi connectivity index (χ2n) is 33.6. The van der Waals surface area contributed by atoms with Crippen molar-refractivity contribution < 1.29 is 196 Å². The zero-order chi connectivity index (χ0) is 91.4. The summed E-state index contributed by atoms with van der Waals surface area (Å²) >= 11 is 0. The van der Waals surface area contributed by atoms with E-state index >= 15 is 0 Å². The van der Waals surface area contributed by atoms with Crippen molar-refractivity contribution in [3.63, 3.8) is 0 Å². The molecule has 15 heterocycles. The van der Waals surface area contributed by atoms with E-state index in [0.29, 0.717) is 17.1 Å². The average molecular weight is 2250 g/mol.